The first-order chi connectivity index (χ1) is 6.25. The summed E-state index contributed by atoms with van der Waals surface area (Å²) in [4.78, 5) is 0. The van der Waals surface area contributed by atoms with Gasteiger partial charge in [-0.25, -0.2) is 0 Å². The van der Waals surface area contributed by atoms with E-state index in [4.69, 9.17) is 4.74 Å². The molecule has 76 valence electrons. The normalized spacial score (nSPS) is 46.6. The molecule has 2 aliphatic rings. The zero-order valence-corrected chi connectivity index (χ0v) is 8.75. The molecule has 2 heterocycles. The van der Waals surface area contributed by atoms with Crippen LogP contribution in [0.25, 0.3) is 0 Å². The first-order valence-electron chi connectivity index (χ1n) is 5.64. The van der Waals surface area contributed by atoms with Crippen LogP contribution in [0.1, 0.15) is 39.5 Å². The number of nitrogens with one attached hydrogen (secondary N) is 1. The minimum Gasteiger partial charge on any atom is -0.374 e. The van der Waals surface area contributed by atoms with Crippen molar-refractivity contribution in [3.05, 3.63) is 0 Å². The molecule has 0 aliphatic carbocycles. The van der Waals surface area contributed by atoms with Crippen molar-refractivity contribution >= 4 is 0 Å². The first kappa shape index (κ1) is 9.47. The van der Waals surface area contributed by atoms with Gasteiger partial charge in [0.25, 0.3) is 0 Å². The molecule has 0 aromatic carbocycles. The maximum absolute atomic E-state index is 5.89. The Morgan fingerprint density at radius 3 is 2.62 bits per heavy atom. The smallest absolute Gasteiger partial charge is 0.0732 e. The summed E-state index contributed by atoms with van der Waals surface area (Å²) in [6.45, 7) is 5.72. The van der Waals surface area contributed by atoms with E-state index >= 15 is 0 Å². The Morgan fingerprint density at radius 2 is 2.00 bits per heavy atom. The maximum Gasteiger partial charge on any atom is 0.0732 e. The van der Waals surface area contributed by atoms with Crippen molar-refractivity contribution in [1.29, 1.82) is 0 Å². The Labute approximate surface area is 81.0 Å². The Morgan fingerprint density at radius 1 is 1.15 bits per heavy atom. The minimum absolute atomic E-state index is 0.490. The van der Waals surface area contributed by atoms with Crippen molar-refractivity contribution in [2.45, 2.75) is 57.8 Å². The van der Waals surface area contributed by atoms with Gasteiger partial charge in [0.05, 0.1) is 12.2 Å². The second-order valence-corrected chi connectivity index (χ2v) is 4.75. The molecule has 0 radical (unpaired) electrons. The molecule has 0 bridgehead atoms. The molecule has 0 aromatic rings. The zero-order chi connectivity index (χ0) is 9.26. The lowest BCUT2D eigenvalue weighted by Gasteiger charge is -2.32. The minimum atomic E-state index is 0.490. The molecule has 2 fully saturated rings. The highest BCUT2D eigenvalue weighted by molar-refractivity contribution is 4.86. The van der Waals surface area contributed by atoms with E-state index in [9.17, 15) is 0 Å². The van der Waals surface area contributed by atoms with Crippen LogP contribution >= 0.6 is 0 Å². The van der Waals surface area contributed by atoms with Gasteiger partial charge in [-0.15, -0.1) is 0 Å². The summed E-state index contributed by atoms with van der Waals surface area (Å²) in [6.07, 6.45) is 6.13. The van der Waals surface area contributed by atoms with Crippen LogP contribution in [-0.4, -0.2) is 24.8 Å². The lowest BCUT2D eigenvalue weighted by molar-refractivity contribution is 0.0210. The molecule has 2 aliphatic heterocycles. The fourth-order valence-corrected chi connectivity index (χ4v) is 2.56. The third-order valence-corrected chi connectivity index (χ3v) is 3.41. The lowest BCUT2D eigenvalue weighted by Crippen LogP contribution is -2.45. The molecular weight excluding hydrogens is 162 g/mol. The average Bonchev–Trinajstić information content (AvgIpc) is 2.52. The quantitative estimate of drug-likeness (QED) is 0.671. The van der Waals surface area contributed by atoms with Crippen LogP contribution in [0.4, 0.5) is 0 Å². The summed E-state index contributed by atoms with van der Waals surface area (Å²) >= 11 is 0. The predicted octanol–water partition coefficient (Wildman–Crippen LogP) is 1.94. The highest BCUT2D eigenvalue weighted by Crippen LogP contribution is 2.27. The molecular formula is C11H21NO. The zero-order valence-electron chi connectivity index (χ0n) is 8.75. The summed E-state index contributed by atoms with van der Waals surface area (Å²) in [5, 5.41) is 3.59. The Bertz CT molecular complexity index is 171. The molecule has 2 nitrogen and oxygen atoms in total. The lowest BCUT2D eigenvalue weighted by atomic mass is 9.90. The first-order valence-corrected chi connectivity index (χ1v) is 5.64. The van der Waals surface area contributed by atoms with Crippen molar-refractivity contribution in [1.82, 2.24) is 5.32 Å². The predicted molar refractivity (Wildman–Crippen MR) is 53.8 cm³/mol. The average molecular weight is 183 g/mol. The van der Waals surface area contributed by atoms with Gasteiger partial charge < -0.3 is 10.1 Å². The van der Waals surface area contributed by atoms with Crippen LogP contribution in [0.5, 0.6) is 0 Å². The molecule has 2 rings (SSSR count). The van der Waals surface area contributed by atoms with Gasteiger partial charge in [0, 0.05) is 6.04 Å². The highest BCUT2D eigenvalue weighted by Gasteiger charge is 2.31. The van der Waals surface area contributed by atoms with Crippen LogP contribution in [-0.2, 0) is 4.74 Å². The third kappa shape index (κ3) is 2.23. The topological polar surface area (TPSA) is 21.3 Å². The van der Waals surface area contributed by atoms with Crippen molar-refractivity contribution < 1.29 is 4.74 Å². The molecule has 0 aromatic heterocycles. The van der Waals surface area contributed by atoms with E-state index < -0.39 is 0 Å². The van der Waals surface area contributed by atoms with Crippen molar-refractivity contribution in [3.63, 3.8) is 0 Å². The van der Waals surface area contributed by atoms with Gasteiger partial charge in [0.2, 0.25) is 0 Å². The summed E-state index contributed by atoms with van der Waals surface area (Å²) in [5.74, 6) is 0.880. The van der Waals surface area contributed by atoms with E-state index in [1.54, 1.807) is 0 Å². The Kier molecular flexibility index (Phi) is 2.89. The van der Waals surface area contributed by atoms with Crippen LogP contribution in [0.15, 0.2) is 0 Å². The number of hydrogen-bond donors (Lipinski definition) is 1. The van der Waals surface area contributed by atoms with Gasteiger partial charge in [-0.05, 0) is 45.1 Å². The van der Waals surface area contributed by atoms with Crippen LogP contribution in [0.2, 0.25) is 0 Å². The van der Waals surface area contributed by atoms with Gasteiger partial charge in [0.1, 0.15) is 0 Å². The van der Waals surface area contributed by atoms with E-state index in [0.717, 1.165) is 5.92 Å². The van der Waals surface area contributed by atoms with E-state index in [1.807, 2.05) is 0 Å². The van der Waals surface area contributed by atoms with Crippen molar-refractivity contribution in [3.8, 4) is 0 Å². The fourth-order valence-electron chi connectivity index (χ4n) is 2.56. The van der Waals surface area contributed by atoms with E-state index in [0.29, 0.717) is 18.2 Å². The van der Waals surface area contributed by atoms with Gasteiger partial charge in [-0.3, -0.25) is 0 Å². The molecule has 0 saturated carbocycles. The standard InChI is InChI=1S/C11H21NO/c1-8-5-6-12-10(7-8)11-4-3-9(2)13-11/h8-12H,3-7H2,1-2H3. The van der Waals surface area contributed by atoms with Gasteiger partial charge in [-0.1, -0.05) is 6.92 Å². The maximum atomic E-state index is 5.89. The second kappa shape index (κ2) is 3.97. The summed E-state index contributed by atoms with van der Waals surface area (Å²) in [7, 11) is 0. The monoisotopic (exact) mass is 183 g/mol. The van der Waals surface area contributed by atoms with Gasteiger partial charge >= 0.3 is 0 Å². The third-order valence-electron chi connectivity index (χ3n) is 3.41. The second-order valence-electron chi connectivity index (χ2n) is 4.75. The Hall–Kier alpha value is -0.0800. The number of piperidine rings is 1. The summed E-state index contributed by atoms with van der Waals surface area (Å²) in [6, 6.07) is 0.633. The van der Waals surface area contributed by atoms with Gasteiger partial charge in [0.15, 0.2) is 0 Å². The molecule has 4 unspecified atom stereocenters. The Balaban J connectivity index is 1.85. The van der Waals surface area contributed by atoms with Gasteiger partial charge in [-0.2, -0.15) is 0 Å². The SMILES string of the molecule is CC1CCNC(C2CCC(C)O2)C1. The molecule has 1 N–H and O–H groups in total. The van der Waals surface area contributed by atoms with Crippen molar-refractivity contribution in [2.75, 3.05) is 6.54 Å². The van der Waals surface area contributed by atoms with Crippen LogP contribution in [0, 0.1) is 5.92 Å². The molecule has 0 spiro atoms. The summed E-state index contributed by atoms with van der Waals surface area (Å²) < 4.78 is 5.89. The highest BCUT2D eigenvalue weighted by atomic mass is 16.5. The summed E-state index contributed by atoms with van der Waals surface area (Å²) in [5.41, 5.74) is 0. The molecule has 0 amide bonds. The molecule has 2 saturated heterocycles. The van der Waals surface area contributed by atoms with E-state index in [1.165, 1.54) is 32.2 Å². The molecule has 2 heteroatoms. The number of rotatable bonds is 1. The van der Waals surface area contributed by atoms with Crippen LogP contribution in [0.3, 0.4) is 0 Å². The number of ether oxygens (including phenoxy) is 1. The fraction of sp³-hybridized carbons (Fsp3) is 1.00. The van der Waals surface area contributed by atoms with E-state index in [-0.39, 0.29) is 0 Å². The number of hydrogen-bond acceptors (Lipinski definition) is 2. The van der Waals surface area contributed by atoms with Crippen molar-refractivity contribution in [2.24, 2.45) is 5.92 Å². The largest absolute Gasteiger partial charge is 0.374 e. The molecule has 4 atom stereocenters. The molecule has 13 heavy (non-hydrogen) atoms. The van der Waals surface area contributed by atoms with Crippen LogP contribution < -0.4 is 5.32 Å². The van der Waals surface area contributed by atoms with E-state index in [2.05, 4.69) is 19.2 Å².